The van der Waals surface area contributed by atoms with Gasteiger partial charge in [0.05, 0.1) is 6.54 Å². The molecule has 26 heavy (non-hydrogen) atoms. The number of nitrogens with one attached hydrogen (secondary N) is 1. The smallest absolute Gasteiger partial charge is 0.263 e. The van der Waals surface area contributed by atoms with E-state index in [0.29, 0.717) is 6.54 Å². The second-order valence-electron chi connectivity index (χ2n) is 6.27. The molecular weight excluding hydrogens is 328 g/mol. The van der Waals surface area contributed by atoms with Crippen molar-refractivity contribution in [2.45, 2.75) is 27.3 Å². The van der Waals surface area contributed by atoms with E-state index in [-0.39, 0.29) is 17.1 Å². The van der Waals surface area contributed by atoms with Crippen LogP contribution in [0, 0.1) is 20.8 Å². The lowest BCUT2D eigenvalue weighted by Gasteiger charge is -2.09. The van der Waals surface area contributed by atoms with Crippen LogP contribution >= 0.6 is 0 Å². The maximum atomic E-state index is 12.7. The fraction of sp³-hybridized carbons (Fsp3) is 0.200. The Labute approximate surface area is 151 Å². The van der Waals surface area contributed by atoms with Crippen LogP contribution in [0.2, 0.25) is 0 Å². The molecule has 0 fully saturated rings. The number of aryl methyl sites for hydroxylation is 3. The Morgan fingerprint density at radius 1 is 1.04 bits per heavy atom. The molecule has 0 bridgehead atoms. The highest BCUT2D eigenvalue weighted by Crippen LogP contribution is 2.07. The first-order valence-corrected chi connectivity index (χ1v) is 8.31. The summed E-state index contributed by atoms with van der Waals surface area (Å²) in [5, 5.41) is 2.61. The number of rotatable bonds is 4. The third kappa shape index (κ3) is 4.03. The Hall–Kier alpha value is -3.28. The van der Waals surface area contributed by atoms with E-state index in [2.05, 4.69) is 15.3 Å². The van der Waals surface area contributed by atoms with Crippen molar-refractivity contribution in [2.24, 2.45) is 0 Å². The van der Waals surface area contributed by atoms with Crippen molar-refractivity contribution in [2.75, 3.05) is 5.32 Å². The fourth-order valence-corrected chi connectivity index (χ4v) is 2.79. The molecular formula is C20H20N4O2. The highest BCUT2D eigenvalue weighted by atomic mass is 16.2. The normalized spacial score (nSPS) is 10.6. The molecule has 1 amide bonds. The first kappa shape index (κ1) is 17.5. The van der Waals surface area contributed by atoms with Gasteiger partial charge < -0.3 is 4.57 Å². The quantitative estimate of drug-likeness (QED) is 0.786. The van der Waals surface area contributed by atoms with Crippen LogP contribution < -0.4 is 10.9 Å². The summed E-state index contributed by atoms with van der Waals surface area (Å²) in [6.07, 6.45) is 1.68. The van der Waals surface area contributed by atoms with Crippen LogP contribution in [0.15, 0.2) is 53.5 Å². The molecule has 2 heterocycles. The van der Waals surface area contributed by atoms with E-state index in [9.17, 15) is 9.59 Å². The van der Waals surface area contributed by atoms with Crippen LogP contribution in [-0.4, -0.2) is 20.4 Å². The van der Waals surface area contributed by atoms with Gasteiger partial charge in [0.15, 0.2) is 0 Å². The summed E-state index contributed by atoms with van der Waals surface area (Å²) in [4.78, 5) is 33.6. The average Bonchev–Trinajstić information content (AvgIpc) is 2.56. The van der Waals surface area contributed by atoms with Crippen LogP contribution in [0.3, 0.4) is 0 Å². The van der Waals surface area contributed by atoms with E-state index in [0.717, 1.165) is 22.5 Å². The van der Waals surface area contributed by atoms with E-state index in [1.807, 2.05) is 51.1 Å². The van der Waals surface area contributed by atoms with Crippen LogP contribution in [-0.2, 0) is 6.54 Å². The fourth-order valence-electron chi connectivity index (χ4n) is 2.79. The minimum atomic E-state index is -0.515. The molecule has 2 aromatic heterocycles. The van der Waals surface area contributed by atoms with Gasteiger partial charge in [0.2, 0.25) is 5.95 Å². The number of benzene rings is 1. The Morgan fingerprint density at radius 3 is 2.46 bits per heavy atom. The third-order valence-electron chi connectivity index (χ3n) is 3.91. The average molecular weight is 348 g/mol. The predicted octanol–water partition coefficient (Wildman–Crippen LogP) is 2.86. The first-order chi connectivity index (χ1) is 12.4. The number of hydrogen-bond donors (Lipinski definition) is 1. The zero-order valence-corrected chi connectivity index (χ0v) is 15.0. The van der Waals surface area contributed by atoms with E-state index < -0.39 is 5.91 Å². The van der Waals surface area contributed by atoms with Crippen molar-refractivity contribution in [1.29, 1.82) is 0 Å². The minimum Gasteiger partial charge on any atom is -0.310 e. The minimum absolute atomic E-state index is 0.0583. The van der Waals surface area contributed by atoms with Crippen LogP contribution in [0.25, 0.3) is 0 Å². The van der Waals surface area contributed by atoms with Gasteiger partial charge in [-0.15, -0.1) is 0 Å². The molecule has 1 aromatic carbocycles. The van der Waals surface area contributed by atoms with Gasteiger partial charge in [-0.3, -0.25) is 14.9 Å². The summed E-state index contributed by atoms with van der Waals surface area (Å²) < 4.78 is 1.52. The monoisotopic (exact) mass is 348 g/mol. The Morgan fingerprint density at radius 2 is 1.77 bits per heavy atom. The van der Waals surface area contributed by atoms with Gasteiger partial charge in [0.25, 0.3) is 11.5 Å². The first-order valence-electron chi connectivity index (χ1n) is 8.31. The van der Waals surface area contributed by atoms with Crippen molar-refractivity contribution in [3.63, 3.8) is 0 Å². The van der Waals surface area contributed by atoms with Crippen LogP contribution in [0.1, 0.15) is 32.9 Å². The number of nitrogens with zero attached hydrogens (tertiary/aromatic N) is 3. The summed E-state index contributed by atoms with van der Waals surface area (Å²) in [5.74, 6) is -0.320. The van der Waals surface area contributed by atoms with Crippen LogP contribution in [0.4, 0.5) is 5.95 Å². The molecule has 6 heteroatoms. The zero-order chi connectivity index (χ0) is 18.7. The number of anilines is 1. The second-order valence-corrected chi connectivity index (χ2v) is 6.27. The lowest BCUT2D eigenvalue weighted by Crippen LogP contribution is -2.29. The van der Waals surface area contributed by atoms with Crippen molar-refractivity contribution in [3.05, 3.63) is 87.1 Å². The third-order valence-corrected chi connectivity index (χ3v) is 3.91. The van der Waals surface area contributed by atoms with Crippen molar-refractivity contribution >= 4 is 11.9 Å². The maximum absolute atomic E-state index is 12.7. The topological polar surface area (TPSA) is 76.9 Å². The van der Waals surface area contributed by atoms with Crippen LogP contribution in [0.5, 0.6) is 0 Å². The standard InChI is InChI=1S/C20H20N4O2/c1-13-6-4-7-16(10-13)12-24-9-5-8-17(19(24)26)18(25)23-20-21-14(2)11-15(3)22-20/h4-11H,12H2,1-3H3,(H,21,22,23,25). The molecule has 0 saturated carbocycles. The van der Waals surface area contributed by atoms with Gasteiger partial charge in [0.1, 0.15) is 5.56 Å². The molecule has 0 unspecified atom stereocenters. The SMILES string of the molecule is Cc1cccc(Cn2cccc(C(=O)Nc3nc(C)cc(C)n3)c2=O)c1. The van der Waals surface area contributed by atoms with Crippen molar-refractivity contribution in [3.8, 4) is 0 Å². The second kappa shape index (κ2) is 7.31. The molecule has 0 aliphatic heterocycles. The molecule has 6 nitrogen and oxygen atoms in total. The number of amides is 1. The molecule has 0 aliphatic carbocycles. The lowest BCUT2D eigenvalue weighted by molar-refractivity contribution is 0.102. The van der Waals surface area contributed by atoms with Gasteiger partial charge in [-0.05, 0) is 44.5 Å². The summed E-state index contributed by atoms with van der Waals surface area (Å²) >= 11 is 0. The van der Waals surface area contributed by atoms with Gasteiger partial charge in [-0.1, -0.05) is 29.8 Å². The van der Waals surface area contributed by atoms with E-state index >= 15 is 0 Å². The highest BCUT2D eigenvalue weighted by molar-refractivity contribution is 6.03. The van der Waals surface area contributed by atoms with E-state index in [1.54, 1.807) is 12.3 Å². The number of aromatic nitrogens is 3. The Bertz CT molecular complexity index is 1000. The number of pyridine rings is 1. The molecule has 0 spiro atoms. The predicted molar refractivity (Wildman–Crippen MR) is 100 cm³/mol. The molecule has 132 valence electrons. The molecule has 1 N–H and O–H groups in total. The van der Waals surface area contributed by atoms with Gasteiger partial charge in [-0.25, -0.2) is 9.97 Å². The lowest BCUT2D eigenvalue weighted by atomic mass is 10.1. The van der Waals surface area contributed by atoms with Gasteiger partial charge in [0, 0.05) is 17.6 Å². The molecule has 0 radical (unpaired) electrons. The van der Waals surface area contributed by atoms with Gasteiger partial charge in [-0.2, -0.15) is 0 Å². The Kier molecular flexibility index (Phi) is 4.93. The van der Waals surface area contributed by atoms with Crippen molar-refractivity contribution < 1.29 is 4.79 Å². The number of carbonyl (C=O) groups excluding carboxylic acids is 1. The highest BCUT2D eigenvalue weighted by Gasteiger charge is 2.14. The van der Waals surface area contributed by atoms with E-state index in [4.69, 9.17) is 0 Å². The molecule has 0 atom stereocenters. The largest absolute Gasteiger partial charge is 0.310 e. The number of carbonyl (C=O) groups is 1. The molecule has 3 rings (SSSR count). The number of hydrogen-bond acceptors (Lipinski definition) is 4. The molecule has 0 saturated heterocycles. The molecule has 0 aliphatic rings. The summed E-state index contributed by atoms with van der Waals surface area (Å²) in [5.41, 5.74) is 3.33. The maximum Gasteiger partial charge on any atom is 0.263 e. The Balaban J connectivity index is 1.86. The molecule has 3 aromatic rings. The van der Waals surface area contributed by atoms with Gasteiger partial charge >= 0.3 is 0 Å². The summed E-state index contributed by atoms with van der Waals surface area (Å²) in [6, 6.07) is 12.9. The van der Waals surface area contributed by atoms with E-state index in [1.165, 1.54) is 10.6 Å². The summed E-state index contributed by atoms with van der Waals surface area (Å²) in [7, 11) is 0. The zero-order valence-electron chi connectivity index (χ0n) is 15.0. The summed E-state index contributed by atoms with van der Waals surface area (Å²) in [6.45, 7) is 6.05. The van der Waals surface area contributed by atoms with Crippen molar-refractivity contribution in [1.82, 2.24) is 14.5 Å².